The molecule has 0 atom stereocenters. The van der Waals surface area contributed by atoms with E-state index in [9.17, 15) is 4.79 Å². The number of nitrogens with one attached hydrogen (secondary N) is 1. The summed E-state index contributed by atoms with van der Waals surface area (Å²) in [6.45, 7) is 2.46. The highest BCUT2D eigenvalue weighted by atomic mass is 16.1. The van der Waals surface area contributed by atoms with Crippen LogP contribution in [0.2, 0.25) is 0 Å². The number of benzene rings is 2. The summed E-state index contributed by atoms with van der Waals surface area (Å²) in [6, 6.07) is 11.9. The van der Waals surface area contributed by atoms with Crippen LogP contribution in [0.25, 0.3) is 0 Å². The molecule has 3 rings (SSSR count). The van der Waals surface area contributed by atoms with Crippen LogP contribution in [0.4, 0.5) is 5.69 Å². The van der Waals surface area contributed by atoms with Gasteiger partial charge in [0.2, 0.25) is 0 Å². The lowest BCUT2D eigenvalue weighted by Gasteiger charge is -2.11. The van der Waals surface area contributed by atoms with Crippen molar-refractivity contribution in [2.75, 3.05) is 5.32 Å². The second-order valence-corrected chi connectivity index (χ2v) is 5.64. The molecule has 0 fully saturated rings. The molecule has 108 valence electrons. The molecule has 1 amide bonds. The van der Waals surface area contributed by atoms with Crippen LogP contribution in [0.15, 0.2) is 36.4 Å². The number of nitrogens with two attached hydrogens (primary N) is 1. The normalized spacial score (nSPS) is 13.0. The molecule has 2 aromatic rings. The number of amides is 1. The van der Waals surface area contributed by atoms with E-state index in [1.807, 2.05) is 37.3 Å². The first-order chi connectivity index (χ1) is 10.2. The van der Waals surface area contributed by atoms with Gasteiger partial charge in [-0.1, -0.05) is 18.2 Å². The molecule has 1 aliphatic carbocycles. The van der Waals surface area contributed by atoms with Crippen molar-refractivity contribution in [1.82, 2.24) is 0 Å². The van der Waals surface area contributed by atoms with E-state index in [0.29, 0.717) is 6.54 Å². The summed E-state index contributed by atoms with van der Waals surface area (Å²) < 4.78 is 0. The predicted octanol–water partition coefficient (Wildman–Crippen LogP) is 3.19. The molecule has 0 saturated carbocycles. The maximum atomic E-state index is 12.4. The number of carbonyl (C=O) groups excluding carboxylic acids is 1. The summed E-state index contributed by atoms with van der Waals surface area (Å²) in [5.41, 5.74) is 12.0. The Bertz CT molecular complexity index is 692. The van der Waals surface area contributed by atoms with E-state index >= 15 is 0 Å². The van der Waals surface area contributed by atoms with Crippen molar-refractivity contribution in [3.8, 4) is 0 Å². The zero-order chi connectivity index (χ0) is 14.8. The summed E-state index contributed by atoms with van der Waals surface area (Å²) in [6.07, 6.45) is 3.41. The summed E-state index contributed by atoms with van der Waals surface area (Å²) >= 11 is 0. The molecule has 0 radical (unpaired) electrons. The number of aryl methyl sites for hydroxylation is 3. The number of carbonyl (C=O) groups is 1. The van der Waals surface area contributed by atoms with Gasteiger partial charge in [-0.2, -0.15) is 0 Å². The number of anilines is 1. The molecule has 3 N–H and O–H groups in total. The van der Waals surface area contributed by atoms with Crippen molar-refractivity contribution in [3.63, 3.8) is 0 Å². The Labute approximate surface area is 125 Å². The van der Waals surface area contributed by atoms with Crippen LogP contribution in [0.1, 0.15) is 39.0 Å². The van der Waals surface area contributed by atoms with Crippen molar-refractivity contribution >= 4 is 11.6 Å². The average Bonchev–Trinajstić information content (AvgIpc) is 2.96. The van der Waals surface area contributed by atoms with E-state index < -0.39 is 0 Å². The zero-order valence-electron chi connectivity index (χ0n) is 12.3. The average molecular weight is 280 g/mol. The Kier molecular flexibility index (Phi) is 3.76. The highest BCUT2D eigenvalue weighted by Crippen LogP contribution is 2.24. The number of rotatable bonds is 3. The first kappa shape index (κ1) is 13.8. The Morgan fingerprint density at radius 2 is 1.95 bits per heavy atom. The van der Waals surface area contributed by atoms with Gasteiger partial charge in [-0.15, -0.1) is 0 Å². The van der Waals surface area contributed by atoms with Gasteiger partial charge in [-0.3, -0.25) is 4.79 Å². The molecule has 0 spiro atoms. The molecule has 1 aliphatic rings. The molecule has 0 unspecified atom stereocenters. The van der Waals surface area contributed by atoms with Crippen LogP contribution in [0.5, 0.6) is 0 Å². The fourth-order valence-electron chi connectivity index (χ4n) is 2.84. The van der Waals surface area contributed by atoms with Crippen LogP contribution in [-0.4, -0.2) is 5.91 Å². The third-order valence-electron chi connectivity index (χ3n) is 4.15. The van der Waals surface area contributed by atoms with Gasteiger partial charge < -0.3 is 11.1 Å². The quantitative estimate of drug-likeness (QED) is 0.907. The molecule has 2 aromatic carbocycles. The smallest absolute Gasteiger partial charge is 0.255 e. The molecular weight excluding hydrogens is 260 g/mol. The van der Waals surface area contributed by atoms with Crippen molar-refractivity contribution in [1.29, 1.82) is 0 Å². The van der Waals surface area contributed by atoms with Gasteiger partial charge in [-0.05, 0) is 66.6 Å². The third-order valence-corrected chi connectivity index (χ3v) is 4.15. The Hall–Kier alpha value is -2.13. The van der Waals surface area contributed by atoms with E-state index in [1.165, 1.54) is 17.5 Å². The summed E-state index contributed by atoms with van der Waals surface area (Å²) in [7, 11) is 0. The standard InChI is InChI=1S/C18H20N2O/c1-12-5-6-13(11-19)9-17(12)20-18(21)16-8-7-14-3-2-4-15(14)10-16/h5-10H,2-4,11,19H2,1H3,(H,20,21). The molecule has 0 aromatic heterocycles. The highest BCUT2D eigenvalue weighted by molar-refractivity contribution is 6.04. The Morgan fingerprint density at radius 1 is 1.14 bits per heavy atom. The number of hydrogen-bond acceptors (Lipinski definition) is 2. The van der Waals surface area contributed by atoms with Crippen LogP contribution in [0, 0.1) is 6.92 Å². The van der Waals surface area contributed by atoms with Crippen molar-refractivity contribution < 1.29 is 4.79 Å². The van der Waals surface area contributed by atoms with E-state index in [-0.39, 0.29) is 5.91 Å². The monoisotopic (exact) mass is 280 g/mol. The van der Waals surface area contributed by atoms with Crippen molar-refractivity contribution in [3.05, 3.63) is 64.2 Å². The lowest BCUT2D eigenvalue weighted by atomic mass is 10.1. The molecule has 21 heavy (non-hydrogen) atoms. The SMILES string of the molecule is Cc1ccc(CN)cc1NC(=O)c1ccc2c(c1)CCC2. The second kappa shape index (κ2) is 5.70. The summed E-state index contributed by atoms with van der Waals surface area (Å²) in [5, 5.41) is 3.00. The molecule has 0 heterocycles. The van der Waals surface area contributed by atoms with E-state index in [1.54, 1.807) is 0 Å². The van der Waals surface area contributed by atoms with Crippen LogP contribution >= 0.6 is 0 Å². The van der Waals surface area contributed by atoms with Gasteiger partial charge in [0.15, 0.2) is 0 Å². The zero-order valence-corrected chi connectivity index (χ0v) is 12.3. The van der Waals surface area contributed by atoms with Crippen LogP contribution < -0.4 is 11.1 Å². The van der Waals surface area contributed by atoms with E-state index in [0.717, 1.165) is 35.2 Å². The third kappa shape index (κ3) is 2.83. The van der Waals surface area contributed by atoms with Gasteiger partial charge in [-0.25, -0.2) is 0 Å². The fraction of sp³-hybridized carbons (Fsp3) is 0.278. The van der Waals surface area contributed by atoms with Crippen LogP contribution in [0.3, 0.4) is 0 Å². The summed E-state index contributed by atoms with van der Waals surface area (Å²) in [4.78, 5) is 12.4. The summed E-state index contributed by atoms with van der Waals surface area (Å²) in [5.74, 6) is -0.0537. The second-order valence-electron chi connectivity index (χ2n) is 5.64. The molecular formula is C18H20N2O. The minimum Gasteiger partial charge on any atom is -0.326 e. The molecule has 0 bridgehead atoms. The molecule has 0 aliphatic heterocycles. The lowest BCUT2D eigenvalue weighted by Crippen LogP contribution is -2.13. The van der Waals surface area contributed by atoms with E-state index in [4.69, 9.17) is 5.73 Å². The maximum absolute atomic E-state index is 12.4. The predicted molar refractivity (Wildman–Crippen MR) is 85.5 cm³/mol. The Balaban J connectivity index is 1.83. The van der Waals surface area contributed by atoms with Gasteiger partial charge in [0.05, 0.1) is 0 Å². The minimum atomic E-state index is -0.0537. The maximum Gasteiger partial charge on any atom is 0.255 e. The molecule has 0 saturated heterocycles. The van der Waals surface area contributed by atoms with Crippen molar-refractivity contribution in [2.24, 2.45) is 5.73 Å². The first-order valence-corrected chi connectivity index (χ1v) is 7.40. The lowest BCUT2D eigenvalue weighted by molar-refractivity contribution is 0.102. The Morgan fingerprint density at radius 3 is 2.76 bits per heavy atom. The topological polar surface area (TPSA) is 55.1 Å². The van der Waals surface area contributed by atoms with Gasteiger partial charge in [0, 0.05) is 17.8 Å². The van der Waals surface area contributed by atoms with Crippen LogP contribution in [-0.2, 0) is 19.4 Å². The number of hydrogen-bond donors (Lipinski definition) is 2. The molecule has 3 heteroatoms. The van der Waals surface area contributed by atoms with Crippen molar-refractivity contribution in [2.45, 2.75) is 32.7 Å². The van der Waals surface area contributed by atoms with Gasteiger partial charge >= 0.3 is 0 Å². The van der Waals surface area contributed by atoms with E-state index in [2.05, 4.69) is 11.4 Å². The van der Waals surface area contributed by atoms with Gasteiger partial charge in [0.1, 0.15) is 0 Å². The molecule has 3 nitrogen and oxygen atoms in total. The first-order valence-electron chi connectivity index (χ1n) is 7.40. The largest absolute Gasteiger partial charge is 0.326 e. The fourth-order valence-corrected chi connectivity index (χ4v) is 2.84. The number of fused-ring (bicyclic) bond motifs is 1. The highest BCUT2D eigenvalue weighted by Gasteiger charge is 2.14. The van der Waals surface area contributed by atoms with Gasteiger partial charge in [0.25, 0.3) is 5.91 Å². The minimum absolute atomic E-state index is 0.0537.